The fraction of sp³-hybridized carbons (Fsp3) is 0.385. The molecule has 0 aliphatic carbocycles. The number of benzene rings is 1. The summed E-state index contributed by atoms with van der Waals surface area (Å²) in [4.78, 5) is 4.27. The van der Waals surface area contributed by atoms with Crippen LogP contribution in [0.1, 0.15) is 11.4 Å². The Balaban J connectivity index is 1.98. The van der Waals surface area contributed by atoms with Crippen LogP contribution in [0.15, 0.2) is 35.1 Å². The van der Waals surface area contributed by atoms with Gasteiger partial charge in [-0.25, -0.2) is 9.67 Å². The van der Waals surface area contributed by atoms with Crippen molar-refractivity contribution in [1.82, 2.24) is 20.1 Å². The van der Waals surface area contributed by atoms with E-state index in [-0.39, 0.29) is 0 Å². The zero-order chi connectivity index (χ0) is 13.5. The summed E-state index contributed by atoms with van der Waals surface area (Å²) in [5, 5.41) is 7.53. The molecule has 0 spiro atoms. The third kappa shape index (κ3) is 4.12. The number of halogens is 1. The number of hydrogen-bond acceptors (Lipinski definition) is 4. The molecule has 0 radical (unpaired) electrons. The molecule has 1 aromatic carbocycles. The second-order valence-electron chi connectivity index (χ2n) is 4.09. The van der Waals surface area contributed by atoms with E-state index in [9.17, 15) is 0 Å². The Morgan fingerprint density at radius 1 is 1.37 bits per heavy atom. The monoisotopic (exact) mass is 324 g/mol. The first-order valence-electron chi connectivity index (χ1n) is 6.11. The Bertz CT molecular complexity index is 515. The van der Waals surface area contributed by atoms with Gasteiger partial charge in [0.15, 0.2) is 0 Å². The fourth-order valence-corrected chi connectivity index (χ4v) is 2.13. The molecule has 1 heterocycles. The third-order valence-electron chi connectivity index (χ3n) is 2.74. The summed E-state index contributed by atoms with van der Waals surface area (Å²) in [6.07, 6.45) is 1.59. The normalized spacial score (nSPS) is 10.8. The van der Waals surface area contributed by atoms with Crippen LogP contribution in [0.5, 0.6) is 0 Å². The molecule has 0 saturated heterocycles. The van der Waals surface area contributed by atoms with Gasteiger partial charge in [-0.1, -0.05) is 34.1 Å². The van der Waals surface area contributed by atoms with Gasteiger partial charge in [0.2, 0.25) is 0 Å². The summed E-state index contributed by atoms with van der Waals surface area (Å²) < 4.78 is 7.98. The molecule has 2 rings (SSSR count). The van der Waals surface area contributed by atoms with Gasteiger partial charge in [-0.15, -0.1) is 0 Å². The van der Waals surface area contributed by atoms with Gasteiger partial charge in [0.1, 0.15) is 12.2 Å². The van der Waals surface area contributed by atoms with Crippen LogP contribution < -0.4 is 5.32 Å². The standard InChI is InChI=1S/C13H17BrN4O/c1-19-7-6-15-8-13-16-10-17-18(13)9-11-4-2-3-5-12(11)14/h2-5,10,15H,6-9H2,1H3. The van der Waals surface area contributed by atoms with Crippen molar-refractivity contribution in [2.45, 2.75) is 13.1 Å². The molecule has 1 N–H and O–H groups in total. The summed E-state index contributed by atoms with van der Waals surface area (Å²) in [6.45, 7) is 2.90. The summed E-state index contributed by atoms with van der Waals surface area (Å²) in [5.41, 5.74) is 1.19. The van der Waals surface area contributed by atoms with Gasteiger partial charge in [-0.2, -0.15) is 5.10 Å². The van der Waals surface area contributed by atoms with E-state index in [4.69, 9.17) is 4.74 Å². The number of hydrogen-bond donors (Lipinski definition) is 1. The van der Waals surface area contributed by atoms with Crippen molar-refractivity contribution < 1.29 is 4.74 Å². The first kappa shape index (κ1) is 14.2. The molecule has 2 aromatic rings. The number of rotatable bonds is 7. The minimum atomic E-state index is 0.688. The van der Waals surface area contributed by atoms with E-state index < -0.39 is 0 Å². The highest BCUT2D eigenvalue weighted by molar-refractivity contribution is 9.10. The highest BCUT2D eigenvalue weighted by atomic mass is 79.9. The third-order valence-corrected chi connectivity index (χ3v) is 3.51. The Hall–Kier alpha value is -1.24. The molecular weight excluding hydrogens is 308 g/mol. The highest BCUT2D eigenvalue weighted by Crippen LogP contribution is 2.17. The number of ether oxygens (including phenoxy) is 1. The van der Waals surface area contributed by atoms with Crippen LogP contribution >= 0.6 is 15.9 Å². The summed E-state index contributed by atoms with van der Waals surface area (Å²) in [7, 11) is 1.69. The van der Waals surface area contributed by atoms with E-state index in [1.54, 1.807) is 13.4 Å². The molecule has 0 saturated carbocycles. The van der Waals surface area contributed by atoms with Gasteiger partial charge in [0.25, 0.3) is 0 Å². The first-order valence-corrected chi connectivity index (χ1v) is 6.90. The van der Waals surface area contributed by atoms with Crippen LogP contribution in [-0.4, -0.2) is 35.0 Å². The molecule has 19 heavy (non-hydrogen) atoms. The van der Waals surface area contributed by atoms with Gasteiger partial charge >= 0.3 is 0 Å². The molecule has 5 nitrogen and oxygen atoms in total. The Morgan fingerprint density at radius 3 is 3.00 bits per heavy atom. The lowest BCUT2D eigenvalue weighted by Gasteiger charge is -2.08. The molecule has 1 aromatic heterocycles. The van der Waals surface area contributed by atoms with Crippen molar-refractivity contribution in [1.29, 1.82) is 0 Å². The number of methoxy groups -OCH3 is 1. The predicted octanol–water partition coefficient (Wildman–Crippen LogP) is 1.82. The lowest BCUT2D eigenvalue weighted by atomic mass is 10.2. The largest absolute Gasteiger partial charge is 0.383 e. The van der Waals surface area contributed by atoms with Crippen molar-refractivity contribution in [2.75, 3.05) is 20.3 Å². The van der Waals surface area contributed by atoms with Crippen LogP contribution in [0.25, 0.3) is 0 Å². The van der Waals surface area contributed by atoms with E-state index in [0.717, 1.165) is 16.8 Å². The summed E-state index contributed by atoms with van der Waals surface area (Å²) >= 11 is 3.55. The van der Waals surface area contributed by atoms with Crippen LogP contribution in [0.3, 0.4) is 0 Å². The zero-order valence-corrected chi connectivity index (χ0v) is 12.4. The van der Waals surface area contributed by atoms with Gasteiger partial charge in [-0.3, -0.25) is 0 Å². The molecule has 0 atom stereocenters. The molecule has 102 valence electrons. The van der Waals surface area contributed by atoms with Crippen molar-refractivity contribution >= 4 is 15.9 Å². The van der Waals surface area contributed by atoms with Crippen molar-refractivity contribution in [3.05, 3.63) is 46.5 Å². The maximum Gasteiger partial charge on any atom is 0.141 e. The molecule has 0 bridgehead atoms. The lowest BCUT2D eigenvalue weighted by Crippen LogP contribution is -2.21. The van der Waals surface area contributed by atoms with Crippen molar-refractivity contribution in [2.24, 2.45) is 0 Å². The van der Waals surface area contributed by atoms with E-state index in [2.05, 4.69) is 37.4 Å². The van der Waals surface area contributed by atoms with E-state index in [1.165, 1.54) is 5.56 Å². The first-order chi connectivity index (χ1) is 9.31. The maximum absolute atomic E-state index is 4.99. The average Bonchev–Trinajstić information content (AvgIpc) is 2.85. The predicted molar refractivity (Wildman–Crippen MR) is 76.8 cm³/mol. The molecule has 0 amide bonds. The minimum absolute atomic E-state index is 0.688. The van der Waals surface area contributed by atoms with Gasteiger partial charge in [0, 0.05) is 18.1 Å². The number of aromatic nitrogens is 3. The summed E-state index contributed by atoms with van der Waals surface area (Å²) in [5.74, 6) is 0.923. The topological polar surface area (TPSA) is 52.0 Å². The van der Waals surface area contributed by atoms with E-state index in [0.29, 0.717) is 19.7 Å². The Kier molecular flexibility index (Phi) is 5.50. The van der Waals surface area contributed by atoms with Crippen LogP contribution in [0, 0.1) is 0 Å². The molecule has 0 aliphatic heterocycles. The molecular formula is C13H17BrN4O. The van der Waals surface area contributed by atoms with E-state index in [1.807, 2.05) is 22.9 Å². The van der Waals surface area contributed by atoms with Crippen LogP contribution in [0.2, 0.25) is 0 Å². The number of nitrogens with zero attached hydrogens (tertiary/aromatic N) is 3. The average molecular weight is 325 g/mol. The Morgan fingerprint density at radius 2 is 2.21 bits per heavy atom. The SMILES string of the molecule is COCCNCc1ncnn1Cc1ccccc1Br. The molecule has 0 fully saturated rings. The molecule has 6 heteroatoms. The Labute approximate surface area is 121 Å². The second-order valence-corrected chi connectivity index (χ2v) is 4.95. The van der Waals surface area contributed by atoms with Gasteiger partial charge in [-0.05, 0) is 11.6 Å². The molecule has 0 aliphatic rings. The van der Waals surface area contributed by atoms with Gasteiger partial charge in [0.05, 0.1) is 19.7 Å². The fourth-order valence-electron chi connectivity index (χ4n) is 1.72. The van der Waals surface area contributed by atoms with Crippen LogP contribution in [-0.2, 0) is 17.8 Å². The van der Waals surface area contributed by atoms with Crippen LogP contribution in [0.4, 0.5) is 0 Å². The van der Waals surface area contributed by atoms with Crippen molar-refractivity contribution in [3.8, 4) is 0 Å². The molecule has 0 unspecified atom stereocenters. The number of nitrogens with one attached hydrogen (secondary N) is 1. The maximum atomic E-state index is 4.99. The smallest absolute Gasteiger partial charge is 0.141 e. The lowest BCUT2D eigenvalue weighted by molar-refractivity contribution is 0.198. The second kappa shape index (κ2) is 7.37. The zero-order valence-electron chi connectivity index (χ0n) is 10.8. The highest BCUT2D eigenvalue weighted by Gasteiger charge is 2.06. The van der Waals surface area contributed by atoms with E-state index >= 15 is 0 Å². The quantitative estimate of drug-likeness (QED) is 0.789. The summed E-state index contributed by atoms with van der Waals surface area (Å²) in [6, 6.07) is 8.13. The minimum Gasteiger partial charge on any atom is -0.383 e. The van der Waals surface area contributed by atoms with Crippen molar-refractivity contribution in [3.63, 3.8) is 0 Å². The van der Waals surface area contributed by atoms with Gasteiger partial charge < -0.3 is 10.1 Å².